The molecule has 5 heteroatoms. The Morgan fingerprint density at radius 2 is 2.25 bits per heavy atom. The van der Waals surface area contributed by atoms with E-state index in [0.29, 0.717) is 11.4 Å². The van der Waals surface area contributed by atoms with Crippen LogP contribution in [0.15, 0.2) is 23.1 Å². The Morgan fingerprint density at radius 1 is 1.58 bits per heavy atom. The standard InChI is InChI=1S/C7H9NO3S/c1-11-7-4-5(12(9)10)2-3-6(7)8/h2-4H,8H2,1H3,(H,9,10). The maximum atomic E-state index is 10.6. The molecule has 0 spiro atoms. The number of benzene rings is 1. The first-order valence-electron chi connectivity index (χ1n) is 3.19. The molecule has 0 amide bonds. The molecule has 0 saturated heterocycles. The molecule has 0 saturated carbocycles. The Kier molecular flexibility index (Phi) is 2.67. The predicted octanol–water partition coefficient (Wildman–Crippen LogP) is 0.858. The second-order valence-electron chi connectivity index (χ2n) is 2.15. The average Bonchev–Trinajstić information content (AvgIpc) is 2.05. The van der Waals surface area contributed by atoms with Gasteiger partial charge >= 0.3 is 0 Å². The van der Waals surface area contributed by atoms with Crippen molar-refractivity contribution in [3.8, 4) is 5.75 Å². The van der Waals surface area contributed by atoms with E-state index in [-0.39, 0.29) is 4.90 Å². The molecule has 1 rings (SSSR count). The Labute approximate surface area is 72.6 Å². The molecule has 12 heavy (non-hydrogen) atoms. The summed E-state index contributed by atoms with van der Waals surface area (Å²) in [7, 11) is 1.45. The van der Waals surface area contributed by atoms with Gasteiger partial charge in [0, 0.05) is 6.07 Å². The van der Waals surface area contributed by atoms with Gasteiger partial charge in [0.05, 0.1) is 17.7 Å². The van der Waals surface area contributed by atoms with Crippen LogP contribution in [0.3, 0.4) is 0 Å². The maximum Gasteiger partial charge on any atom is 0.186 e. The molecule has 66 valence electrons. The number of nitrogen functional groups attached to an aromatic ring is 1. The van der Waals surface area contributed by atoms with Crippen LogP contribution >= 0.6 is 0 Å². The summed E-state index contributed by atoms with van der Waals surface area (Å²) in [6, 6.07) is 4.45. The predicted molar refractivity (Wildman–Crippen MR) is 46.4 cm³/mol. The van der Waals surface area contributed by atoms with Crippen molar-refractivity contribution in [1.82, 2.24) is 0 Å². The second kappa shape index (κ2) is 3.55. The Hall–Kier alpha value is -1.07. The fourth-order valence-electron chi connectivity index (χ4n) is 0.800. The molecule has 1 aromatic rings. The molecular weight excluding hydrogens is 178 g/mol. The highest BCUT2D eigenvalue weighted by Crippen LogP contribution is 2.23. The Balaban J connectivity index is 3.13. The third-order valence-electron chi connectivity index (χ3n) is 1.41. The molecule has 3 N–H and O–H groups in total. The fourth-order valence-corrected chi connectivity index (χ4v) is 1.19. The first kappa shape index (κ1) is 9.02. The molecule has 1 unspecified atom stereocenters. The van der Waals surface area contributed by atoms with Crippen molar-refractivity contribution < 1.29 is 13.5 Å². The third kappa shape index (κ3) is 1.75. The van der Waals surface area contributed by atoms with Gasteiger partial charge in [-0.3, -0.25) is 0 Å². The molecule has 0 aliphatic heterocycles. The van der Waals surface area contributed by atoms with Crippen LogP contribution in [0.4, 0.5) is 5.69 Å². The molecule has 0 heterocycles. The lowest BCUT2D eigenvalue weighted by Gasteiger charge is -2.04. The fraction of sp³-hybridized carbons (Fsp3) is 0.143. The summed E-state index contributed by atoms with van der Waals surface area (Å²) in [5, 5.41) is 0. The van der Waals surface area contributed by atoms with Crippen molar-refractivity contribution in [1.29, 1.82) is 0 Å². The van der Waals surface area contributed by atoms with E-state index >= 15 is 0 Å². The number of ether oxygens (including phenoxy) is 1. The molecule has 0 bridgehead atoms. The van der Waals surface area contributed by atoms with E-state index in [4.69, 9.17) is 15.0 Å². The van der Waals surface area contributed by atoms with Crippen molar-refractivity contribution in [2.75, 3.05) is 12.8 Å². The molecule has 0 radical (unpaired) electrons. The van der Waals surface area contributed by atoms with E-state index in [1.54, 1.807) is 0 Å². The highest BCUT2D eigenvalue weighted by Gasteiger charge is 2.04. The van der Waals surface area contributed by atoms with Crippen molar-refractivity contribution in [2.45, 2.75) is 4.90 Å². The van der Waals surface area contributed by atoms with E-state index in [0.717, 1.165) is 0 Å². The summed E-state index contributed by atoms with van der Waals surface area (Å²) in [4.78, 5) is 0.279. The number of methoxy groups -OCH3 is 1. The number of anilines is 1. The van der Waals surface area contributed by atoms with Crippen LogP contribution in [0.2, 0.25) is 0 Å². The van der Waals surface area contributed by atoms with Gasteiger partial charge in [0.2, 0.25) is 0 Å². The zero-order valence-electron chi connectivity index (χ0n) is 6.48. The minimum atomic E-state index is -1.98. The lowest BCUT2D eigenvalue weighted by atomic mass is 10.3. The van der Waals surface area contributed by atoms with Gasteiger partial charge in [-0.25, -0.2) is 4.21 Å². The van der Waals surface area contributed by atoms with E-state index in [1.165, 1.54) is 25.3 Å². The molecule has 0 aliphatic carbocycles. The summed E-state index contributed by atoms with van der Waals surface area (Å²) in [5.74, 6) is 0.412. The van der Waals surface area contributed by atoms with Crippen LogP contribution in [0, 0.1) is 0 Å². The summed E-state index contributed by atoms with van der Waals surface area (Å²) in [5.41, 5.74) is 5.95. The van der Waals surface area contributed by atoms with Crippen LogP contribution in [0.1, 0.15) is 0 Å². The van der Waals surface area contributed by atoms with Gasteiger partial charge in [0.15, 0.2) is 11.1 Å². The first-order valence-corrected chi connectivity index (χ1v) is 4.30. The van der Waals surface area contributed by atoms with Crippen molar-refractivity contribution in [3.05, 3.63) is 18.2 Å². The van der Waals surface area contributed by atoms with Crippen molar-refractivity contribution in [2.24, 2.45) is 0 Å². The highest BCUT2D eigenvalue weighted by molar-refractivity contribution is 7.79. The largest absolute Gasteiger partial charge is 0.495 e. The highest BCUT2D eigenvalue weighted by atomic mass is 32.2. The van der Waals surface area contributed by atoms with Crippen LogP contribution in [0.25, 0.3) is 0 Å². The molecule has 1 atom stereocenters. The van der Waals surface area contributed by atoms with Gasteiger partial charge in [-0.1, -0.05) is 0 Å². The second-order valence-corrected chi connectivity index (χ2v) is 3.12. The minimum Gasteiger partial charge on any atom is -0.495 e. The summed E-state index contributed by atoms with van der Waals surface area (Å²) < 4.78 is 24.2. The van der Waals surface area contributed by atoms with Crippen LogP contribution in [-0.4, -0.2) is 15.9 Å². The van der Waals surface area contributed by atoms with Crippen LogP contribution in [-0.2, 0) is 11.1 Å². The van der Waals surface area contributed by atoms with Gasteiger partial charge in [0.25, 0.3) is 0 Å². The summed E-state index contributed by atoms with van der Waals surface area (Å²) in [6.45, 7) is 0. The molecule has 1 aromatic carbocycles. The van der Waals surface area contributed by atoms with E-state index in [2.05, 4.69) is 0 Å². The smallest absolute Gasteiger partial charge is 0.186 e. The maximum absolute atomic E-state index is 10.6. The van der Waals surface area contributed by atoms with Gasteiger partial charge < -0.3 is 15.0 Å². The van der Waals surface area contributed by atoms with E-state index in [9.17, 15) is 4.21 Å². The number of nitrogens with two attached hydrogens (primary N) is 1. The topological polar surface area (TPSA) is 72.5 Å². The number of rotatable bonds is 2. The van der Waals surface area contributed by atoms with E-state index < -0.39 is 11.1 Å². The molecule has 0 aliphatic rings. The lowest BCUT2D eigenvalue weighted by Crippen LogP contribution is -1.95. The first-order chi connectivity index (χ1) is 5.65. The van der Waals surface area contributed by atoms with Crippen LogP contribution in [0.5, 0.6) is 5.75 Å². The Bertz CT molecular complexity index is 314. The molecule has 4 nitrogen and oxygen atoms in total. The molecular formula is C7H9NO3S. The number of hydrogen-bond acceptors (Lipinski definition) is 3. The normalized spacial score (nSPS) is 12.5. The van der Waals surface area contributed by atoms with Crippen molar-refractivity contribution in [3.63, 3.8) is 0 Å². The SMILES string of the molecule is COc1cc(S(=O)O)ccc1N. The van der Waals surface area contributed by atoms with Gasteiger partial charge in [-0.15, -0.1) is 0 Å². The quantitative estimate of drug-likeness (QED) is 0.532. The number of hydrogen-bond donors (Lipinski definition) is 2. The minimum absolute atomic E-state index is 0.279. The van der Waals surface area contributed by atoms with Crippen LogP contribution < -0.4 is 10.5 Å². The average molecular weight is 187 g/mol. The van der Waals surface area contributed by atoms with Gasteiger partial charge in [-0.2, -0.15) is 0 Å². The molecule has 0 fully saturated rings. The third-order valence-corrected chi connectivity index (χ3v) is 2.06. The summed E-state index contributed by atoms with van der Waals surface area (Å²) >= 11 is -1.98. The zero-order chi connectivity index (χ0) is 9.14. The summed E-state index contributed by atoms with van der Waals surface area (Å²) in [6.07, 6.45) is 0. The van der Waals surface area contributed by atoms with Gasteiger partial charge in [-0.05, 0) is 12.1 Å². The Morgan fingerprint density at radius 3 is 2.75 bits per heavy atom. The molecule has 0 aromatic heterocycles. The van der Waals surface area contributed by atoms with E-state index in [1.807, 2.05) is 0 Å². The van der Waals surface area contributed by atoms with Crippen molar-refractivity contribution >= 4 is 16.8 Å². The lowest BCUT2D eigenvalue weighted by molar-refractivity contribution is 0.415. The monoisotopic (exact) mass is 187 g/mol. The van der Waals surface area contributed by atoms with Gasteiger partial charge in [0.1, 0.15) is 5.75 Å². The zero-order valence-corrected chi connectivity index (χ0v) is 7.30.